The summed E-state index contributed by atoms with van der Waals surface area (Å²) in [5, 5.41) is 0. The lowest BCUT2D eigenvalue weighted by molar-refractivity contribution is -0.142. The molecule has 1 aromatic carbocycles. The van der Waals surface area contributed by atoms with Crippen LogP contribution in [-0.4, -0.2) is 46.2 Å². The molecular formula is C21H27N3O3. The minimum Gasteiger partial charge on any atom is -0.485 e. The van der Waals surface area contributed by atoms with Crippen LogP contribution in [0.5, 0.6) is 11.5 Å². The minimum absolute atomic E-state index is 0.0456. The van der Waals surface area contributed by atoms with Crippen molar-refractivity contribution in [2.75, 3.05) is 19.7 Å². The Kier molecular flexibility index (Phi) is 5.05. The number of fused-ring (bicyclic) bond motifs is 1. The monoisotopic (exact) mass is 369 g/mol. The van der Waals surface area contributed by atoms with Gasteiger partial charge in [-0.15, -0.1) is 0 Å². The molecule has 6 nitrogen and oxygen atoms in total. The normalized spacial score (nSPS) is 19.9. The number of likely N-dealkylation sites (tertiary alicyclic amines) is 1. The number of imidazole rings is 1. The van der Waals surface area contributed by atoms with E-state index in [0.29, 0.717) is 17.4 Å². The average molecular weight is 369 g/mol. The molecule has 144 valence electrons. The molecule has 0 aliphatic carbocycles. The van der Waals surface area contributed by atoms with Crippen molar-refractivity contribution >= 4 is 5.91 Å². The predicted octanol–water partition coefficient (Wildman–Crippen LogP) is 2.97. The first kappa shape index (κ1) is 17.9. The Labute approximate surface area is 160 Å². The molecule has 2 aliphatic heterocycles. The van der Waals surface area contributed by atoms with Crippen molar-refractivity contribution in [3.8, 4) is 11.5 Å². The van der Waals surface area contributed by atoms with Crippen LogP contribution < -0.4 is 9.47 Å². The highest BCUT2D eigenvalue weighted by Gasteiger charge is 2.33. The van der Waals surface area contributed by atoms with E-state index in [2.05, 4.69) is 23.4 Å². The van der Waals surface area contributed by atoms with E-state index in [1.54, 1.807) is 0 Å². The average Bonchev–Trinajstić information content (AvgIpc) is 3.03. The Morgan fingerprint density at radius 3 is 2.63 bits per heavy atom. The Morgan fingerprint density at radius 1 is 1.19 bits per heavy atom. The maximum atomic E-state index is 12.8. The highest BCUT2D eigenvalue weighted by atomic mass is 16.6. The third kappa shape index (κ3) is 3.80. The van der Waals surface area contributed by atoms with Crippen molar-refractivity contribution in [1.29, 1.82) is 0 Å². The van der Waals surface area contributed by atoms with Gasteiger partial charge in [-0.1, -0.05) is 12.1 Å². The molecule has 1 amide bonds. The number of aromatic nitrogens is 2. The second kappa shape index (κ2) is 7.62. The van der Waals surface area contributed by atoms with Crippen molar-refractivity contribution in [2.45, 2.75) is 45.8 Å². The van der Waals surface area contributed by atoms with E-state index in [1.807, 2.05) is 35.4 Å². The minimum atomic E-state index is -0.535. The topological polar surface area (TPSA) is 56.6 Å². The molecule has 27 heavy (non-hydrogen) atoms. The van der Waals surface area contributed by atoms with Gasteiger partial charge in [0.05, 0.1) is 0 Å². The summed E-state index contributed by atoms with van der Waals surface area (Å²) in [4.78, 5) is 19.1. The summed E-state index contributed by atoms with van der Waals surface area (Å²) in [5.41, 5.74) is 1.22. The van der Waals surface area contributed by atoms with Gasteiger partial charge in [-0.25, -0.2) is 4.98 Å². The molecule has 0 bridgehead atoms. The molecule has 1 saturated heterocycles. The van der Waals surface area contributed by atoms with Crippen LogP contribution in [0.1, 0.15) is 30.8 Å². The zero-order chi connectivity index (χ0) is 18.8. The van der Waals surface area contributed by atoms with Gasteiger partial charge < -0.3 is 18.9 Å². The van der Waals surface area contributed by atoms with E-state index in [-0.39, 0.29) is 12.5 Å². The standard InChI is InChI=1S/C21H27N3O3/c1-15-13-22-16(2)24(15)12-9-17-7-10-23(11-8-17)21(25)20-14-26-18-5-3-4-6-19(18)27-20/h3-6,13,17,20H,7-12,14H2,1-2H3. The largest absolute Gasteiger partial charge is 0.485 e. The number of nitrogens with zero attached hydrogens (tertiary/aromatic N) is 3. The van der Waals surface area contributed by atoms with Crippen LogP contribution in [0.4, 0.5) is 0 Å². The zero-order valence-electron chi connectivity index (χ0n) is 16.1. The smallest absolute Gasteiger partial charge is 0.267 e. The molecule has 0 spiro atoms. The second-order valence-corrected chi connectivity index (χ2v) is 7.52. The highest BCUT2D eigenvalue weighted by molar-refractivity contribution is 5.82. The first-order valence-corrected chi connectivity index (χ1v) is 9.78. The quantitative estimate of drug-likeness (QED) is 0.831. The van der Waals surface area contributed by atoms with Crippen LogP contribution in [0.2, 0.25) is 0 Å². The van der Waals surface area contributed by atoms with E-state index >= 15 is 0 Å². The molecule has 1 fully saturated rings. The fourth-order valence-electron chi connectivity index (χ4n) is 4.02. The molecule has 3 heterocycles. The number of carbonyl (C=O) groups is 1. The molecule has 0 saturated carbocycles. The van der Waals surface area contributed by atoms with Crippen molar-refractivity contribution in [3.63, 3.8) is 0 Å². The van der Waals surface area contributed by atoms with Crippen LogP contribution in [0.3, 0.4) is 0 Å². The number of rotatable bonds is 4. The molecule has 4 rings (SSSR count). The van der Waals surface area contributed by atoms with Gasteiger partial charge in [-0.05, 0) is 51.2 Å². The number of amides is 1. The van der Waals surface area contributed by atoms with Gasteiger partial charge in [0.25, 0.3) is 5.91 Å². The summed E-state index contributed by atoms with van der Waals surface area (Å²) < 4.78 is 13.8. The lowest BCUT2D eigenvalue weighted by Gasteiger charge is -2.35. The molecule has 1 aromatic heterocycles. The van der Waals surface area contributed by atoms with E-state index in [1.165, 1.54) is 5.69 Å². The lowest BCUT2D eigenvalue weighted by atomic mass is 9.93. The predicted molar refractivity (Wildman–Crippen MR) is 102 cm³/mol. The molecule has 1 atom stereocenters. The maximum absolute atomic E-state index is 12.8. The highest BCUT2D eigenvalue weighted by Crippen LogP contribution is 2.32. The number of para-hydroxylation sites is 2. The Bertz CT molecular complexity index is 789. The van der Waals surface area contributed by atoms with Gasteiger partial charge in [0, 0.05) is 31.5 Å². The van der Waals surface area contributed by atoms with E-state index < -0.39 is 6.10 Å². The van der Waals surface area contributed by atoms with Crippen molar-refractivity contribution in [3.05, 3.63) is 42.0 Å². The Balaban J connectivity index is 1.27. The molecular weight excluding hydrogens is 342 g/mol. The van der Waals surface area contributed by atoms with Crippen LogP contribution in [0.25, 0.3) is 0 Å². The third-order valence-corrected chi connectivity index (χ3v) is 5.73. The number of piperidine rings is 1. The van der Waals surface area contributed by atoms with Crippen molar-refractivity contribution in [1.82, 2.24) is 14.5 Å². The van der Waals surface area contributed by atoms with Gasteiger partial charge in [0.1, 0.15) is 12.4 Å². The molecule has 2 aliphatic rings. The third-order valence-electron chi connectivity index (χ3n) is 5.73. The summed E-state index contributed by atoms with van der Waals surface area (Å²) in [6.07, 6.45) is 4.62. The summed E-state index contributed by atoms with van der Waals surface area (Å²) in [7, 11) is 0. The van der Waals surface area contributed by atoms with E-state index in [9.17, 15) is 4.79 Å². The second-order valence-electron chi connectivity index (χ2n) is 7.52. The number of hydrogen-bond donors (Lipinski definition) is 0. The van der Waals surface area contributed by atoms with Gasteiger partial charge >= 0.3 is 0 Å². The van der Waals surface area contributed by atoms with Crippen molar-refractivity contribution < 1.29 is 14.3 Å². The van der Waals surface area contributed by atoms with Crippen LogP contribution in [0.15, 0.2) is 30.5 Å². The van der Waals surface area contributed by atoms with Crippen molar-refractivity contribution in [2.24, 2.45) is 5.92 Å². The molecule has 6 heteroatoms. The fourth-order valence-corrected chi connectivity index (χ4v) is 4.02. The maximum Gasteiger partial charge on any atom is 0.267 e. The Hall–Kier alpha value is -2.50. The lowest BCUT2D eigenvalue weighted by Crippen LogP contribution is -2.49. The van der Waals surface area contributed by atoms with E-state index in [4.69, 9.17) is 9.47 Å². The number of hydrogen-bond acceptors (Lipinski definition) is 4. The van der Waals surface area contributed by atoms with Crippen LogP contribution in [-0.2, 0) is 11.3 Å². The van der Waals surface area contributed by atoms with Gasteiger partial charge in [-0.3, -0.25) is 4.79 Å². The van der Waals surface area contributed by atoms with Crippen LogP contribution >= 0.6 is 0 Å². The molecule has 0 N–H and O–H groups in total. The summed E-state index contributed by atoms with van der Waals surface area (Å²) in [5.74, 6) is 3.15. The summed E-state index contributed by atoms with van der Waals surface area (Å²) >= 11 is 0. The fraction of sp³-hybridized carbons (Fsp3) is 0.524. The van der Waals surface area contributed by atoms with Gasteiger partial charge in [0.2, 0.25) is 6.10 Å². The van der Waals surface area contributed by atoms with Gasteiger partial charge in [0.15, 0.2) is 11.5 Å². The number of aryl methyl sites for hydroxylation is 2. The zero-order valence-corrected chi connectivity index (χ0v) is 16.1. The summed E-state index contributed by atoms with van der Waals surface area (Å²) in [6, 6.07) is 7.51. The summed E-state index contributed by atoms with van der Waals surface area (Å²) in [6.45, 7) is 7.05. The molecule has 0 radical (unpaired) electrons. The first-order valence-electron chi connectivity index (χ1n) is 9.78. The number of benzene rings is 1. The number of ether oxygens (including phenoxy) is 2. The van der Waals surface area contributed by atoms with E-state index in [0.717, 1.165) is 44.7 Å². The van der Waals surface area contributed by atoms with Crippen LogP contribution in [0, 0.1) is 19.8 Å². The Morgan fingerprint density at radius 2 is 1.93 bits per heavy atom. The number of carbonyl (C=O) groups excluding carboxylic acids is 1. The first-order chi connectivity index (χ1) is 13.1. The molecule has 1 unspecified atom stereocenters. The van der Waals surface area contributed by atoms with Gasteiger partial charge in [-0.2, -0.15) is 0 Å². The SMILES string of the molecule is Cc1cnc(C)n1CCC1CCN(C(=O)C2COc3ccccc3O2)CC1. The molecule has 2 aromatic rings.